The van der Waals surface area contributed by atoms with E-state index in [0.717, 1.165) is 59.5 Å². The third-order valence-corrected chi connectivity index (χ3v) is 7.07. The largest absolute Gasteiger partial charge is 0.495 e. The lowest BCUT2D eigenvalue weighted by atomic mass is 9.79. The number of aryl methyl sites for hydroxylation is 1. The van der Waals surface area contributed by atoms with Crippen LogP contribution in [0.15, 0.2) is 60.6 Å². The molecule has 3 atom stereocenters. The molecule has 0 radical (unpaired) electrons. The molecule has 2 fully saturated rings. The van der Waals surface area contributed by atoms with Crippen LogP contribution in [0.1, 0.15) is 55.5 Å². The van der Waals surface area contributed by atoms with E-state index in [1.54, 1.807) is 13.4 Å². The number of halogens is 1. The molecule has 1 amide bonds. The molecule has 3 heterocycles. The number of aromatic nitrogens is 2. The van der Waals surface area contributed by atoms with Gasteiger partial charge in [-0.2, -0.15) is 0 Å². The molecule has 6 heteroatoms. The zero-order valence-electron chi connectivity index (χ0n) is 19.9. The third kappa shape index (κ3) is 4.25. The number of benzene rings is 2. The van der Waals surface area contributed by atoms with E-state index in [4.69, 9.17) is 4.74 Å². The number of methoxy groups -OCH3 is 1. The van der Waals surface area contributed by atoms with E-state index in [1.807, 2.05) is 54.1 Å². The Kier molecular flexibility index (Phi) is 5.98. The molecule has 176 valence electrons. The summed E-state index contributed by atoms with van der Waals surface area (Å²) < 4.78 is 21.1. The summed E-state index contributed by atoms with van der Waals surface area (Å²) in [5, 5.41) is 0. The van der Waals surface area contributed by atoms with Crippen molar-refractivity contribution in [3.8, 4) is 11.4 Å². The first-order valence-corrected chi connectivity index (χ1v) is 11.9. The van der Waals surface area contributed by atoms with E-state index in [1.165, 1.54) is 12.1 Å². The minimum absolute atomic E-state index is 0.0213. The van der Waals surface area contributed by atoms with Gasteiger partial charge in [0, 0.05) is 17.8 Å². The van der Waals surface area contributed by atoms with Crippen LogP contribution in [0, 0.1) is 18.7 Å². The van der Waals surface area contributed by atoms with Crippen molar-refractivity contribution in [2.24, 2.45) is 5.92 Å². The number of nitrogens with zero attached hydrogens (tertiary/aromatic N) is 3. The highest BCUT2D eigenvalue weighted by atomic mass is 19.1. The molecule has 5 nitrogen and oxygen atoms in total. The summed E-state index contributed by atoms with van der Waals surface area (Å²) in [6, 6.07) is 12.8. The fraction of sp³-hybridized carbons (Fsp3) is 0.357. The molecule has 5 rings (SSSR count). The van der Waals surface area contributed by atoms with Crippen LogP contribution in [-0.4, -0.2) is 33.5 Å². The zero-order chi connectivity index (χ0) is 23.8. The standard InChI is InChI=1S/C28H30FN3O2/c1-18-12-24-10-7-22(28(33)32(24)26(13-18)21-5-8-23(29)9-6-21)14-20-4-11-25(27(15-20)34-3)31-16-19(2)30-17-31/h4-6,8-9,11,14-18,24,26H,7,10,12-13H2,1-3H3/b22-14+/t18-,24-,26+/m0/s1. The molecule has 0 unspecified atom stereocenters. The number of hydrogen-bond donors (Lipinski definition) is 0. The number of piperidine rings is 2. The Labute approximate surface area is 199 Å². The summed E-state index contributed by atoms with van der Waals surface area (Å²) in [6.07, 6.45) is 9.33. The summed E-state index contributed by atoms with van der Waals surface area (Å²) in [5.74, 6) is 1.09. The number of carbonyl (C=O) groups excluding carboxylic acids is 1. The predicted octanol–water partition coefficient (Wildman–Crippen LogP) is 5.87. The van der Waals surface area contributed by atoms with Crippen molar-refractivity contribution in [2.45, 2.75) is 51.6 Å². The molecular weight excluding hydrogens is 429 g/mol. The minimum atomic E-state index is -0.252. The second-order valence-electron chi connectivity index (χ2n) is 9.57. The van der Waals surface area contributed by atoms with Crippen LogP contribution >= 0.6 is 0 Å². The zero-order valence-corrected chi connectivity index (χ0v) is 19.9. The van der Waals surface area contributed by atoms with Crippen molar-refractivity contribution >= 4 is 12.0 Å². The number of amides is 1. The maximum absolute atomic E-state index is 13.7. The van der Waals surface area contributed by atoms with Crippen LogP contribution in [0.3, 0.4) is 0 Å². The summed E-state index contributed by atoms with van der Waals surface area (Å²) in [6.45, 7) is 4.20. The molecule has 2 saturated heterocycles. The summed E-state index contributed by atoms with van der Waals surface area (Å²) in [4.78, 5) is 20.1. The van der Waals surface area contributed by atoms with Crippen molar-refractivity contribution in [3.63, 3.8) is 0 Å². The van der Waals surface area contributed by atoms with Gasteiger partial charge in [-0.1, -0.05) is 25.1 Å². The monoisotopic (exact) mass is 459 g/mol. The number of rotatable bonds is 4. The molecule has 2 aromatic carbocycles. The van der Waals surface area contributed by atoms with E-state index in [0.29, 0.717) is 5.92 Å². The highest BCUT2D eigenvalue weighted by Crippen LogP contribution is 2.43. The number of fused-ring (bicyclic) bond motifs is 1. The molecule has 1 aromatic heterocycles. The molecule has 3 aromatic rings. The molecule has 2 aliphatic rings. The predicted molar refractivity (Wildman–Crippen MR) is 130 cm³/mol. The Morgan fingerprint density at radius 3 is 2.65 bits per heavy atom. The highest BCUT2D eigenvalue weighted by molar-refractivity contribution is 5.99. The van der Waals surface area contributed by atoms with E-state index >= 15 is 0 Å². The molecule has 34 heavy (non-hydrogen) atoms. The fourth-order valence-corrected chi connectivity index (χ4v) is 5.45. The Morgan fingerprint density at radius 1 is 1.15 bits per heavy atom. The highest BCUT2D eigenvalue weighted by Gasteiger charge is 2.41. The molecule has 0 spiro atoms. The van der Waals surface area contributed by atoms with Crippen molar-refractivity contribution in [1.29, 1.82) is 0 Å². The number of ether oxygens (including phenoxy) is 1. The second kappa shape index (κ2) is 9.09. The lowest BCUT2D eigenvalue weighted by Crippen LogP contribution is -2.50. The molecule has 0 N–H and O–H groups in total. The molecule has 0 aliphatic carbocycles. The molecule has 2 aliphatic heterocycles. The van der Waals surface area contributed by atoms with Gasteiger partial charge >= 0.3 is 0 Å². The van der Waals surface area contributed by atoms with Crippen LogP contribution in [0.5, 0.6) is 5.75 Å². The molecule has 0 bridgehead atoms. The first kappa shape index (κ1) is 22.4. The van der Waals surface area contributed by atoms with Gasteiger partial charge in [0.1, 0.15) is 11.6 Å². The average Bonchev–Trinajstić information content (AvgIpc) is 3.26. The number of imidazole rings is 1. The minimum Gasteiger partial charge on any atom is -0.495 e. The summed E-state index contributed by atoms with van der Waals surface area (Å²) in [5.41, 5.74) is 4.59. The van der Waals surface area contributed by atoms with Crippen molar-refractivity contribution in [2.75, 3.05) is 7.11 Å². The maximum Gasteiger partial charge on any atom is 0.250 e. The van der Waals surface area contributed by atoms with E-state index in [-0.39, 0.29) is 23.8 Å². The number of hydrogen-bond acceptors (Lipinski definition) is 3. The van der Waals surface area contributed by atoms with Crippen LogP contribution in [0.25, 0.3) is 11.8 Å². The lowest BCUT2D eigenvalue weighted by molar-refractivity contribution is -0.137. The van der Waals surface area contributed by atoms with Gasteiger partial charge in [-0.25, -0.2) is 9.37 Å². The van der Waals surface area contributed by atoms with Crippen molar-refractivity contribution in [3.05, 3.63) is 83.2 Å². The van der Waals surface area contributed by atoms with Crippen LogP contribution in [-0.2, 0) is 4.79 Å². The Balaban J connectivity index is 1.45. The first-order valence-electron chi connectivity index (χ1n) is 11.9. The number of carbonyl (C=O) groups is 1. The van der Waals surface area contributed by atoms with Gasteiger partial charge in [0.25, 0.3) is 5.91 Å². The van der Waals surface area contributed by atoms with Gasteiger partial charge in [-0.15, -0.1) is 0 Å². The normalized spacial score (nSPS) is 23.8. The SMILES string of the molecule is COc1cc(/C=C2\CC[C@H]3C[C@H](C)C[C@H](c4ccc(F)cc4)N3C2=O)ccc1-n1cnc(C)c1. The van der Waals surface area contributed by atoms with Gasteiger partial charge in [0.05, 0.1) is 30.9 Å². The van der Waals surface area contributed by atoms with E-state index in [9.17, 15) is 9.18 Å². The van der Waals surface area contributed by atoms with Gasteiger partial charge in [0.2, 0.25) is 0 Å². The Morgan fingerprint density at radius 2 is 1.94 bits per heavy atom. The molecule has 0 saturated carbocycles. The van der Waals surface area contributed by atoms with E-state index in [2.05, 4.69) is 16.8 Å². The Hall–Kier alpha value is -3.41. The van der Waals surface area contributed by atoms with Crippen LogP contribution in [0.4, 0.5) is 4.39 Å². The van der Waals surface area contributed by atoms with Crippen molar-refractivity contribution in [1.82, 2.24) is 14.5 Å². The van der Waals surface area contributed by atoms with Gasteiger partial charge in [0.15, 0.2) is 0 Å². The maximum atomic E-state index is 13.7. The Bertz CT molecular complexity index is 1230. The summed E-state index contributed by atoms with van der Waals surface area (Å²) in [7, 11) is 1.65. The molecular formula is C28H30FN3O2. The quantitative estimate of drug-likeness (QED) is 0.458. The average molecular weight is 460 g/mol. The smallest absolute Gasteiger partial charge is 0.250 e. The van der Waals surface area contributed by atoms with E-state index < -0.39 is 0 Å². The summed E-state index contributed by atoms with van der Waals surface area (Å²) >= 11 is 0. The van der Waals surface area contributed by atoms with Crippen LogP contribution < -0.4 is 4.74 Å². The van der Waals surface area contributed by atoms with Crippen molar-refractivity contribution < 1.29 is 13.9 Å². The third-order valence-electron chi connectivity index (χ3n) is 7.07. The topological polar surface area (TPSA) is 47.4 Å². The van der Waals surface area contributed by atoms with Gasteiger partial charge in [-0.05, 0) is 80.0 Å². The van der Waals surface area contributed by atoms with Crippen LogP contribution in [0.2, 0.25) is 0 Å². The van der Waals surface area contributed by atoms with Gasteiger partial charge < -0.3 is 14.2 Å². The van der Waals surface area contributed by atoms with Gasteiger partial charge in [-0.3, -0.25) is 4.79 Å². The lowest BCUT2D eigenvalue weighted by Gasteiger charge is -2.48. The fourth-order valence-electron chi connectivity index (χ4n) is 5.45. The second-order valence-corrected chi connectivity index (χ2v) is 9.57. The first-order chi connectivity index (χ1) is 16.4.